The summed E-state index contributed by atoms with van der Waals surface area (Å²) in [6, 6.07) is 14.5. The van der Waals surface area contributed by atoms with E-state index in [0.717, 1.165) is 11.0 Å². The van der Waals surface area contributed by atoms with E-state index in [0.29, 0.717) is 39.4 Å². The molecule has 0 unspecified atom stereocenters. The van der Waals surface area contributed by atoms with Gasteiger partial charge in [0.1, 0.15) is 18.1 Å². The predicted octanol–water partition coefficient (Wildman–Crippen LogP) is 1.46. The molecule has 38 heavy (non-hydrogen) atoms. The molecule has 12 heteroatoms. The number of aromatic nitrogens is 6. The highest BCUT2D eigenvalue weighted by molar-refractivity contribution is 5.95. The number of aromatic carboxylic acids is 3. The number of hydrogen-bond donors (Lipinski definition) is 4. The second kappa shape index (κ2) is 7.03. The van der Waals surface area contributed by atoms with E-state index in [-0.39, 0.29) is 16.7 Å². The van der Waals surface area contributed by atoms with Gasteiger partial charge in [-0.2, -0.15) is 0 Å². The highest BCUT2D eigenvalue weighted by Gasteiger charge is 2.39. The van der Waals surface area contributed by atoms with Crippen LogP contribution in [-0.2, 0) is 14.1 Å². The van der Waals surface area contributed by atoms with Crippen molar-refractivity contribution in [2.75, 3.05) is 0 Å². The number of carbonyl (C=O) groups is 3. The minimum absolute atomic E-state index is 0.104. The number of aryl methyl sites for hydroxylation is 2. The number of aromatic amines is 1. The van der Waals surface area contributed by atoms with Crippen molar-refractivity contribution in [3.05, 3.63) is 71.3 Å². The molecule has 4 N–H and O–H groups in total. The van der Waals surface area contributed by atoms with Gasteiger partial charge in [0.15, 0.2) is 11.0 Å². The third-order valence-electron chi connectivity index (χ3n) is 7.20. The fourth-order valence-electron chi connectivity index (χ4n) is 5.48. The Bertz CT molecular complexity index is 2220. The highest BCUT2D eigenvalue weighted by atomic mass is 16.4. The minimum atomic E-state index is -1.07. The summed E-state index contributed by atoms with van der Waals surface area (Å²) < 4.78 is 9.45. The first kappa shape index (κ1) is 21.7. The van der Waals surface area contributed by atoms with Crippen molar-refractivity contribution in [2.24, 2.45) is 14.1 Å². The molecule has 0 radical (unpaired) electrons. The van der Waals surface area contributed by atoms with Crippen LogP contribution in [0, 0.1) is 0 Å². The van der Waals surface area contributed by atoms with E-state index in [9.17, 15) is 29.7 Å². The Hall–Kier alpha value is -5.52. The number of rotatable bonds is 3. The predicted molar refractivity (Wildman–Crippen MR) is 132 cm³/mol. The van der Waals surface area contributed by atoms with Crippen molar-refractivity contribution < 1.29 is 43.2 Å². The van der Waals surface area contributed by atoms with Crippen molar-refractivity contribution >= 4 is 68.3 Å². The van der Waals surface area contributed by atoms with E-state index in [4.69, 9.17) is 0 Å². The third kappa shape index (κ3) is 2.57. The molecule has 0 aliphatic heterocycles. The maximum atomic E-state index is 11.9. The Morgan fingerprint density at radius 1 is 0.684 bits per heavy atom. The van der Waals surface area contributed by atoms with Crippen LogP contribution in [0.4, 0.5) is 0 Å². The molecule has 12 nitrogen and oxygen atoms in total. The molecule has 0 fully saturated rings. The van der Waals surface area contributed by atoms with Gasteiger partial charge in [-0.05, 0) is 46.9 Å². The van der Waals surface area contributed by atoms with Gasteiger partial charge < -0.3 is 15.3 Å². The van der Waals surface area contributed by atoms with Gasteiger partial charge >= 0.3 is 35.2 Å². The molecule has 7 aromatic rings. The number of imidazole rings is 3. The Morgan fingerprint density at radius 2 is 1.21 bits per heavy atom. The number of nitrogens with one attached hydrogen (secondary N) is 1. The van der Waals surface area contributed by atoms with E-state index in [1.165, 1.54) is 18.2 Å². The van der Waals surface area contributed by atoms with Gasteiger partial charge in [0.25, 0.3) is 0 Å². The maximum absolute atomic E-state index is 11.9. The maximum Gasteiger partial charge on any atom is 0.553 e. The summed E-state index contributed by atoms with van der Waals surface area (Å²) in [5.74, 6) is -1.37. The van der Waals surface area contributed by atoms with Crippen LogP contribution in [0.1, 0.15) is 31.1 Å². The molecule has 0 aliphatic rings. The number of benzene rings is 3. The number of nitrogens with zero attached hydrogens (tertiary/aromatic N) is 5. The zero-order valence-electron chi connectivity index (χ0n) is 20.0. The van der Waals surface area contributed by atoms with Crippen LogP contribution >= 0.6 is 0 Å². The van der Waals surface area contributed by atoms with E-state index in [2.05, 4.69) is 4.98 Å². The Kier molecular flexibility index (Phi) is 4.02. The van der Waals surface area contributed by atoms with E-state index < -0.39 is 17.9 Å². The molecular weight excluding hydrogens is 492 g/mol. The highest BCUT2D eigenvalue weighted by Crippen LogP contribution is 2.25. The van der Waals surface area contributed by atoms with Crippen LogP contribution in [0.3, 0.4) is 0 Å². The smallest absolute Gasteiger partial charge is 0.478 e. The molecule has 0 saturated heterocycles. The molecule has 3 aromatic carbocycles. The monoisotopic (exact) mass is 511 g/mol. The second-order valence-corrected chi connectivity index (χ2v) is 9.23. The number of carboxylic acid groups (broad SMARTS) is 3. The number of hydrogen-bond acceptors (Lipinski definition) is 3. The van der Waals surface area contributed by atoms with Crippen LogP contribution in [0.25, 0.3) is 50.4 Å². The van der Waals surface area contributed by atoms with Gasteiger partial charge in [-0.3, -0.25) is 4.98 Å². The number of fused-ring (bicyclic) bond motifs is 12. The summed E-state index contributed by atoms with van der Waals surface area (Å²) in [5.41, 5.74) is 4.28. The van der Waals surface area contributed by atoms with Crippen LogP contribution in [0.5, 0.6) is 0 Å². The van der Waals surface area contributed by atoms with E-state index in [1.54, 1.807) is 36.4 Å². The SMILES string of the molecule is C[n+]1c2ccc(C(=O)O)cc2n2c1n1c3cc(C(=O)O)ccc3[n+](C)c1[n+]1c3cc(C(=O)O)ccc3[nH]c21. The third-order valence-corrected chi connectivity index (χ3v) is 7.20. The van der Waals surface area contributed by atoms with Crippen LogP contribution in [0.2, 0.25) is 0 Å². The second-order valence-electron chi connectivity index (χ2n) is 9.23. The molecule has 4 aromatic heterocycles. The summed E-state index contributed by atoms with van der Waals surface area (Å²) in [4.78, 5) is 38.9. The molecule has 0 atom stereocenters. The van der Waals surface area contributed by atoms with Gasteiger partial charge in [-0.25, -0.2) is 19.0 Å². The van der Waals surface area contributed by atoms with Crippen LogP contribution < -0.4 is 13.5 Å². The molecule has 7 rings (SSSR count). The topological polar surface area (TPSA) is 148 Å². The van der Waals surface area contributed by atoms with Crippen molar-refractivity contribution in [2.45, 2.75) is 0 Å². The van der Waals surface area contributed by atoms with Gasteiger partial charge in [0, 0.05) is 12.1 Å². The van der Waals surface area contributed by atoms with Gasteiger partial charge in [0.2, 0.25) is 11.0 Å². The first-order valence-electron chi connectivity index (χ1n) is 11.5. The Balaban J connectivity index is 1.86. The number of H-pyrrole nitrogens is 1. The zero-order valence-corrected chi connectivity index (χ0v) is 20.0. The summed E-state index contributed by atoms with van der Waals surface area (Å²) in [5, 5.41) is 29.1. The van der Waals surface area contributed by atoms with Crippen molar-refractivity contribution in [3.8, 4) is 0 Å². The molecule has 0 amide bonds. The standard InChI is InChI=1S/C26H16N6O6/c1-28-16-7-4-13(22(35)36)10-19(16)31-24-27-15-6-3-12(21(33)34)9-18(15)30(24)25-29(2)17-8-5-14(23(37)38)11-20(17)32(25)26(28)31/h3-11H,1-2H3,(H-2,33,34,35,36,37,38)/p+3. The van der Waals surface area contributed by atoms with Gasteiger partial charge in [0.05, 0.1) is 23.7 Å². The van der Waals surface area contributed by atoms with E-state index in [1.807, 2.05) is 36.4 Å². The Labute approximate surface area is 211 Å². The number of carboxylic acids is 3. The first-order chi connectivity index (χ1) is 18.2. The molecule has 0 aliphatic carbocycles. The lowest BCUT2D eigenvalue weighted by Crippen LogP contribution is -2.41. The fraction of sp³-hybridized carbons (Fsp3) is 0.0769. The summed E-state index contributed by atoms with van der Waals surface area (Å²) >= 11 is 0. The van der Waals surface area contributed by atoms with Crippen molar-refractivity contribution in [1.82, 2.24) is 13.8 Å². The average molecular weight is 511 g/mol. The lowest BCUT2D eigenvalue weighted by molar-refractivity contribution is -0.680. The van der Waals surface area contributed by atoms with E-state index >= 15 is 0 Å². The van der Waals surface area contributed by atoms with Crippen molar-refractivity contribution in [1.29, 1.82) is 0 Å². The molecule has 0 spiro atoms. The van der Waals surface area contributed by atoms with Crippen LogP contribution in [-0.4, -0.2) is 47.0 Å². The average Bonchev–Trinajstić information content (AvgIpc) is 3.51. The molecule has 0 saturated carbocycles. The lowest BCUT2D eigenvalue weighted by atomic mass is 10.2. The largest absolute Gasteiger partial charge is 0.553 e. The van der Waals surface area contributed by atoms with Crippen molar-refractivity contribution in [3.63, 3.8) is 0 Å². The fourth-order valence-corrected chi connectivity index (χ4v) is 5.48. The zero-order chi connectivity index (χ0) is 26.6. The normalized spacial score (nSPS) is 12.1. The Morgan fingerprint density at radius 3 is 1.82 bits per heavy atom. The van der Waals surface area contributed by atoms with Crippen LogP contribution in [0.15, 0.2) is 54.6 Å². The summed E-state index contributed by atoms with van der Waals surface area (Å²) in [6.45, 7) is 0. The molecular formula is C26H19N6O6+3. The molecule has 0 bridgehead atoms. The molecule has 186 valence electrons. The quantitative estimate of drug-likeness (QED) is 0.264. The first-order valence-corrected chi connectivity index (χ1v) is 11.5. The summed E-state index contributed by atoms with van der Waals surface area (Å²) in [7, 11) is 3.71. The minimum Gasteiger partial charge on any atom is -0.478 e. The summed E-state index contributed by atoms with van der Waals surface area (Å²) in [6.07, 6.45) is 0. The molecule has 4 heterocycles. The lowest BCUT2D eigenvalue weighted by Gasteiger charge is -1.94. The van der Waals surface area contributed by atoms with Gasteiger partial charge in [-0.15, -0.1) is 8.97 Å². The van der Waals surface area contributed by atoms with Gasteiger partial charge in [-0.1, -0.05) is 4.40 Å².